The third-order valence-electron chi connectivity index (χ3n) is 6.79. The first-order valence-corrected chi connectivity index (χ1v) is 11.3. The number of anilines is 1. The molecule has 0 fully saturated rings. The van der Waals surface area contributed by atoms with Crippen LogP contribution in [-0.2, 0) is 12.0 Å². The van der Waals surface area contributed by atoms with Crippen LogP contribution in [0.5, 0.6) is 5.75 Å². The molecule has 0 saturated carbocycles. The zero-order valence-corrected chi connectivity index (χ0v) is 19.4. The third-order valence-corrected chi connectivity index (χ3v) is 6.79. The molecule has 1 aliphatic heterocycles. The minimum atomic E-state index is -0.436. The van der Waals surface area contributed by atoms with Crippen LogP contribution in [0.1, 0.15) is 50.2 Å². The van der Waals surface area contributed by atoms with Gasteiger partial charge >= 0.3 is 0 Å². The number of tetrazole rings is 1. The molecule has 4 aromatic rings. The maximum atomic E-state index is 13.4. The van der Waals surface area contributed by atoms with Crippen molar-refractivity contribution in [3.8, 4) is 5.75 Å². The summed E-state index contributed by atoms with van der Waals surface area (Å²) in [7, 11) is 1.64. The van der Waals surface area contributed by atoms with E-state index < -0.39 is 6.04 Å². The summed E-state index contributed by atoms with van der Waals surface area (Å²) in [6.45, 7) is 7.11. The molecule has 0 bridgehead atoms. The molecular weight excluding hydrogens is 416 g/mol. The lowest BCUT2D eigenvalue weighted by atomic mass is 9.99. The van der Waals surface area contributed by atoms with Gasteiger partial charge in [-0.15, -0.1) is 5.10 Å². The molecule has 1 atom stereocenters. The van der Waals surface area contributed by atoms with Gasteiger partial charge in [0.1, 0.15) is 11.8 Å². The van der Waals surface area contributed by atoms with Crippen LogP contribution in [0.2, 0.25) is 0 Å². The van der Waals surface area contributed by atoms with Crippen molar-refractivity contribution in [3.05, 3.63) is 75.8 Å². The molecule has 33 heavy (non-hydrogen) atoms. The number of nitrogens with one attached hydrogen (secondary N) is 1. The maximum absolute atomic E-state index is 13.4. The summed E-state index contributed by atoms with van der Waals surface area (Å²) in [5, 5.41) is 13.7. The molecule has 170 valence electrons. The molecule has 3 heterocycles. The van der Waals surface area contributed by atoms with Crippen LogP contribution >= 0.6 is 0 Å². The smallest absolute Gasteiger partial charge is 0.254 e. The summed E-state index contributed by atoms with van der Waals surface area (Å²) in [6.07, 6.45) is 1.75. The zero-order valence-electron chi connectivity index (χ0n) is 19.4. The number of benzene rings is 2. The first-order valence-electron chi connectivity index (χ1n) is 11.3. The van der Waals surface area contributed by atoms with E-state index in [0.29, 0.717) is 11.4 Å². The Morgan fingerprint density at radius 3 is 2.79 bits per heavy atom. The lowest BCUT2D eigenvalue weighted by Crippen LogP contribution is -2.37. The molecule has 0 aliphatic carbocycles. The van der Waals surface area contributed by atoms with Gasteiger partial charge in [-0.1, -0.05) is 25.1 Å². The molecule has 0 radical (unpaired) electrons. The van der Waals surface area contributed by atoms with Crippen LogP contribution < -0.4 is 15.2 Å². The number of aromatic nitrogens is 5. The van der Waals surface area contributed by atoms with Crippen molar-refractivity contribution in [1.29, 1.82) is 0 Å². The fourth-order valence-electron chi connectivity index (χ4n) is 4.56. The molecular formula is C25H28N6O2. The van der Waals surface area contributed by atoms with Crippen LogP contribution in [0.15, 0.2) is 53.3 Å². The van der Waals surface area contributed by atoms with Crippen molar-refractivity contribution in [2.75, 3.05) is 18.6 Å². The molecule has 5 rings (SSSR count). The van der Waals surface area contributed by atoms with Crippen LogP contribution in [0.3, 0.4) is 0 Å². The number of aromatic amines is 1. The Labute approximate surface area is 192 Å². The van der Waals surface area contributed by atoms with Crippen molar-refractivity contribution in [1.82, 2.24) is 25.2 Å². The second-order valence-corrected chi connectivity index (χ2v) is 9.10. The standard InChI is InChI=1S/C25H28N6O2/c1-5-25(2,3)31-23(27-28-29-31)22(30-13-12-16-8-6-7-9-21(16)30)19-15-17-14-18(33-4)10-11-20(17)26-24(19)32/h6-11,14-15,22H,5,12-13H2,1-4H3,(H,26,32)/t22-/m0/s1. The molecule has 8 heteroatoms. The summed E-state index contributed by atoms with van der Waals surface area (Å²) in [5.41, 5.74) is 3.29. The minimum Gasteiger partial charge on any atom is -0.497 e. The van der Waals surface area contributed by atoms with E-state index in [2.05, 4.69) is 64.4 Å². The van der Waals surface area contributed by atoms with Crippen molar-refractivity contribution in [2.24, 2.45) is 0 Å². The number of rotatable bonds is 6. The third kappa shape index (κ3) is 3.55. The van der Waals surface area contributed by atoms with Gasteiger partial charge in [0.15, 0.2) is 5.82 Å². The maximum Gasteiger partial charge on any atom is 0.254 e. The van der Waals surface area contributed by atoms with Gasteiger partial charge < -0.3 is 14.6 Å². The Balaban J connectivity index is 1.75. The molecule has 2 aromatic carbocycles. The fourth-order valence-corrected chi connectivity index (χ4v) is 4.56. The molecule has 8 nitrogen and oxygen atoms in total. The van der Waals surface area contributed by atoms with Gasteiger partial charge in [0.25, 0.3) is 5.56 Å². The molecule has 1 aliphatic rings. The Kier molecular flexibility index (Phi) is 5.15. The van der Waals surface area contributed by atoms with E-state index in [0.717, 1.165) is 41.7 Å². The number of H-pyrrole nitrogens is 1. The van der Waals surface area contributed by atoms with Crippen molar-refractivity contribution in [3.63, 3.8) is 0 Å². The highest BCUT2D eigenvalue weighted by Crippen LogP contribution is 2.38. The summed E-state index contributed by atoms with van der Waals surface area (Å²) < 4.78 is 7.28. The first-order chi connectivity index (χ1) is 15.9. The Hall–Kier alpha value is -3.68. The SMILES string of the molecule is CCC(C)(C)n1nnnc1[C@H](c1cc2cc(OC)ccc2[nH]c1=O)N1CCc2ccccc21. The van der Waals surface area contributed by atoms with Gasteiger partial charge in [0.2, 0.25) is 0 Å². The van der Waals surface area contributed by atoms with Gasteiger partial charge in [0, 0.05) is 28.7 Å². The molecule has 2 aromatic heterocycles. The summed E-state index contributed by atoms with van der Waals surface area (Å²) in [6, 6.07) is 15.5. The van der Waals surface area contributed by atoms with E-state index in [1.54, 1.807) is 7.11 Å². The normalized spacial score (nSPS) is 14.5. The lowest BCUT2D eigenvalue weighted by molar-refractivity contribution is 0.287. The lowest BCUT2D eigenvalue weighted by Gasteiger charge is -2.32. The highest BCUT2D eigenvalue weighted by atomic mass is 16.5. The molecule has 0 unspecified atom stereocenters. The molecule has 0 spiro atoms. The van der Waals surface area contributed by atoms with Gasteiger partial charge in [0.05, 0.1) is 12.6 Å². The largest absolute Gasteiger partial charge is 0.497 e. The highest BCUT2D eigenvalue weighted by Gasteiger charge is 2.36. The van der Waals surface area contributed by atoms with Crippen LogP contribution in [0.25, 0.3) is 10.9 Å². The number of methoxy groups -OCH3 is 1. The Morgan fingerprint density at radius 2 is 2.00 bits per heavy atom. The van der Waals surface area contributed by atoms with E-state index in [1.807, 2.05) is 35.0 Å². The van der Waals surface area contributed by atoms with E-state index in [-0.39, 0.29) is 11.1 Å². The van der Waals surface area contributed by atoms with Crippen molar-refractivity contribution >= 4 is 16.6 Å². The van der Waals surface area contributed by atoms with E-state index in [1.165, 1.54) is 5.56 Å². The number of fused-ring (bicyclic) bond motifs is 2. The number of hydrogen-bond donors (Lipinski definition) is 1. The predicted molar refractivity (Wildman–Crippen MR) is 128 cm³/mol. The quantitative estimate of drug-likeness (QED) is 0.486. The Bertz CT molecular complexity index is 1370. The monoisotopic (exact) mass is 444 g/mol. The van der Waals surface area contributed by atoms with E-state index in [4.69, 9.17) is 4.74 Å². The van der Waals surface area contributed by atoms with Gasteiger partial charge in [-0.2, -0.15) is 0 Å². The van der Waals surface area contributed by atoms with E-state index in [9.17, 15) is 4.79 Å². The average molecular weight is 445 g/mol. The molecule has 0 saturated heterocycles. The fraction of sp³-hybridized carbons (Fsp3) is 0.360. The van der Waals surface area contributed by atoms with Crippen LogP contribution in [-0.4, -0.2) is 38.8 Å². The second kappa shape index (κ2) is 8.03. The number of ether oxygens (including phenoxy) is 1. The molecule has 1 N–H and O–H groups in total. The van der Waals surface area contributed by atoms with Gasteiger partial charge in [-0.3, -0.25) is 4.79 Å². The number of hydrogen-bond acceptors (Lipinski definition) is 6. The van der Waals surface area contributed by atoms with Crippen molar-refractivity contribution < 1.29 is 4.74 Å². The number of para-hydroxylation sites is 1. The highest BCUT2D eigenvalue weighted by molar-refractivity contribution is 5.81. The van der Waals surface area contributed by atoms with Crippen LogP contribution in [0, 0.1) is 0 Å². The van der Waals surface area contributed by atoms with E-state index >= 15 is 0 Å². The number of nitrogens with zero attached hydrogens (tertiary/aromatic N) is 5. The van der Waals surface area contributed by atoms with Gasteiger partial charge in [-0.25, -0.2) is 4.68 Å². The van der Waals surface area contributed by atoms with Gasteiger partial charge in [-0.05, 0) is 73.0 Å². The second-order valence-electron chi connectivity index (χ2n) is 9.10. The zero-order chi connectivity index (χ0) is 23.2. The minimum absolute atomic E-state index is 0.147. The first kappa shape index (κ1) is 21.2. The average Bonchev–Trinajstić information content (AvgIpc) is 3.48. The Morgan fingerprint density at radius 1 is 1.18 bits per heavy atom. The molecule has 0 amide bonds. The summed E-state index contributed by atoms with van der Waals surface area (Å²) in [5.74, 6) is 1.40. The summed E-state index contributed by atoms with van der Waals surface area (Å²) in [4.78, 5) is 18.7. The predicted octanol–water partition coefficient (Wildman–Crippen LogP) is 3.82. The number of pyridine rings is 1. The summed E-state index contributed by atoms with van der Waals surface area (Å²) >= 11 is 0. The topological polar surface area (TPSA) is 88.9 Å². The van der Waals surface area contributed by atoms with Crippen LogP contribution in [0.4, 0.5) is 5.69 Å². The van der Waals surface area contributed by atoms with Crippen molar-refractivity contribution in [2.45, 2.75) is 45.2 Å².